The van der Waals surface area contributed by atoms with Gasteiger partial charge in [-0.2, -0.15) is 0 Å². The highest BCUT2D eigenvalue weighted by Crippen LogP contribution is 2.72. The van der Waals surface area contributed by atoms with E-state index in [1.807, 2.05) is 24.3 Å². The quantitative estimate of drug-likeness (QED) is 0.682. The van der Waals surface area contributed by atoms with E-state index < -0.39 is 0 Å². The number of carbonyl (C=O) groups excluding carboxylic acids is 2. The summed E-state index contributed by atoms with van der Waals surface area (Å²) in [5, 5.41) is 6.13. The summed E-state index contributed by atoms with van der Waals surface area (Å²) in [6, 6.07) is 7.57. The summed E-state index contributed by atoms with van der Waals surface area (Å²) >= 11 is 3.42. The third kappa shape index (κ3) is 3.01. The van der Waals surface area contributed by atoms with Crippen LogP contribution in [0.5, 0.6) is 0 Å². The molecular weight excluding hydrogens is 420 g/mol. The zero-order valence-corrected chi connectivity index (χ0v) is 17.3. The van der Waals surface area contributed by atoms with Crippen molar-refractivity contribution in [2.45, 2.75) is 31.8 Å². The van der Waals surface area contributed by atoms with E-state index in [1.165, 1.54) is 0 Å². The second-order valence-electron chi connectivity index (χ2n) is 8.60. The molecule has 1 aliphatic heterocycles. The molecule has 2 N–H and O–H groups in total. The summed E-state index contributed by atoms with van der Waals surface area (Å²) in [5.74, 6) is -0.258. The minimum absolute atomic E-state index is 0.00887. The Morgan fingerprint density at radius 1 is 1.07 bits per heavy atom. The first-order valence-electron chi connectivity index (χ1n) is 10.2. The molecule has 2 saturated carbocycles. The topological polar surface area (TPSA) is 67.4 Å². The number of allylic oxidation sites excluding steroid dienone is 2. The molecule has 0 radical (unpaired) electrons. The van der Waals surface area contributed by atoms with E-state index in [-0.39, 0.29) is 47.0 Å². The maximum atomic E-state index is 13.2. The molecule has 3 aliphatic carbocycles. The van der Waals surface area contributed by atoms with Crippen LogP contribution in [-0.2, 0) is 14.3 Å². The van der Waals surface area contributed by atoms with Crippen molar-refractivity contribution in [1.29, 1.82) is 0 Å². The highest BCUT2D eigenvalue weighted by atomic mass is 79.9. The summed E-state index contributed by atoms with van der Waals surface area (Å²) in [5.41, 5.74) is 0.913. The van der Waals surface area contributed by atoms with E-state index in [0.29, 0.717) is 6.54 Å². The van der Waals surface area contributed by atoms with E-state index in [9.17, 15) is 9.59 Å². The molecule has 5 atom stereocenters. The number of benzene rings is 1. The van der Waals surface area contributed by atoms with E-state index in [4.69, 9.17) is 4.74 Å². The molecule has 3 fully saturated rings. The van der Waals surface area contributed by atoms with Gasteiger partial charge in [-0.15, -0.1) is 0 Å². The summed E-state index contributed by atoms with van der Waals surface area (Å²) in [7, 11) is 0. The van der Waals surface area contributed by atoms with E-state index in [1.54, 1.807) is 0 Å². The van der Waals surface area contributed by atoms with Gasteiger partial charge in [0, 0.05) is 23.3 Å². The number of hydrogen-bond acceptors (Lipinski definition) is 3. The summed E-state index contributed by atoms with van der Waals surface area (Å²) in [4.78, 5) is 26.4. The second kappa shape index (κ2) is 6.99. The van der Waals surface area contributed by atoms with Gasteiger partial charge < -0.3 is 15.4 Å². The number of carbonyl (C=O) groups is 2. The van der Waals surface area contributed by atoms with Crippen molar-refractivity contribution in [3.05, 3.63) is 40.9 Å². The number of hydrogen-bond donors (Lipinski definition) is 2. The number of ether oxygens (including phenoxy) is 1. The van der Waals surface area contributed by atoms with E-state index >= 15 is 0 Å². The summed E-state index contributed by atoms with van der Waals surface area (Å²) in [6.45, 7) is 1.32. The van der Waals surface area contributed by atoms with Crippen LogP contribution in [0.1, 0.15) is 25.7 Å². The van der Waals surface area contributed by atoms with Crippen molar-refractivity contribution in [1.82, 2.24) is 5.32 Å². The zero-order valence-electron chi connectivity index (χ0n) is 15.7. The monoisotopic (exact) mass is 444 g/mol. The van der Waals surface area contributed by atoms with Gasteiger partial charge in [0.1, 0.15) is 0 Å². The van der Waals surface area contributed by atoms with Crippen LogP contribution < -0.4 is 10.6 Å². The number of rotatable bonds is 5. The molecule has 5 rings (SSSR count). The Balaban J connectivity index is 1.33. The Kier molecular flexibility index (Phi) is 4.59. The smallest absolute Gasteiger partial charge is 0.228 e. The fourth-order valence-corrected chi connectivity index (χ4v) is 5.87. The lowest BCUT2D eigenvalue weighted by molar-refractivity contribution is -0.133. The molecule has 1 unspecified atom stereocenters. The van der Waals surface area contributed by atoms with Crippen molar-refractivity contribution >= 4 is 33.4 Å². The summed E-state index contributed by atoms with van der Waals surface area (Å²) < 4.78 is 6.60. The second-order valence-corrected chi connectivity index (χ2v) is 9.51. The first kappa shape index (κ1) is 18.4. The van der Waals surface area contributed by atoms with Gasteiger partial charge in [0.2, 0.25) is 11.8 Å². The van der Waals surface area contributed by atoms with Crippen LogP contribution in [0.2, 0.25) is 0 Å². The van der Waals surface area contributed by atoms with Crippen molar-refractivity contribution in [3.8, 4) is 0 Å². The average molecular weight is 445 g/mol. The van der Waals surface area contributed by atoms with Crippen molar-refractivity contribution in [2.75, 3.05) is 18.5 Å². The molecule has 1 spiro atoms. The van der Waals surface area contributed by atoms with Crippen LogP contribution in [0, 0.1) is 29.1 Å². The van der Waals surface area contributed by atoms with Crippen molar-refractivity contribution < 1.29 is 14.3 Å². The molecule has 148 valence electrons. The molecule has 5 nitrogen and oxygen atoms in total. The van der Waals surface area contributed by atoms with Crippen LogP contribution in [0.25, 0.3) is 0 Å². The van der Waals surface area contributed by atoms with E-state index in [2.05, 4.69) is 38.7 Å². The van der Waals surface area contributed by atoms with Crippen LogP contribution >= 0.6 is 15.9 Å². The summed E-state index contributed by atoms with van der Waals surface area (Å²) in [6.07, 6.45) is 8.78. The number of amides is 2. The first-order chi connectivity index (χ1) is 13.6. The lowest BCUT2D eigenvalue weighted by Gasteiger charge is -2.26. The van der Waals surface area contributed by atoms with E-state index in [0.717, 1.165) is 42.5 Å². The maximum Gasteiger partial charge on any atom is 0.228 e. The standard InChI is InChI=1S/C22H25BrN2O3/c23-13-3-5-14(6-4-13)25-21(27)19-17-8-7-16(22(17)9-10-22)18(19)20(26)24-12-15-2-1-11-28-15/h3-8,15-19H,1-2,9-12H2,(H,24,26)(H,25,27)/t15?,16-,17+,18-,19-/m1/s1. The van der Waals surface area contributed by atoms with Crippen LogP contribution in [0.4, 0.5) is 5.69 Å². The molecular formula is C22H25BrN2O3. The minimum Gasteiger partial charge on any atom is -0.376 e. The van der Waals surface area contributed by atoms with Gasteiger partial charge in [0.15, 0.2) is 0 Å². The Morgan fingerprint density at radius 2 is 1.75 bits per heavy atom. The van der Waals surface area contributed by atoms with Crippen molar-refractivity contribution in [2.24, 2.45) is 29.1 Å². The Labute approximate surface area is 173 Å². The average Bonchev–Trinajstić information content (AvgIpc) is 3.05. The number of nitrogens with one attached hydrogen (secondary N) is 2. The van der Waals surface area contributed by atoms with Gasteiger partial charge in [-0.3, -0.25) is 9.59 Å². The molecule has 1 heterocycles. The fraction of sp³-hybridized carbons (Fsp3) is 0.545. The van der Waals surface area contributed by atoms with Gasteiger partial charge in [-0.25, -0.2) is 0 Å². The van der Waals surface area contributed by atoms with Crippen LogP contribution in [-0.4, -0.2) is 31.1 Å². The largest absolute Gasteiger partial charge is 0.376 e. The zero-order chi connectivity index (χ0) is 19.3. The Hall–Kier alpha value is -1.66. The van der Waals surface area contributed by atoms with Gasteiger partial charge in [0.05, 0.1) is 17.9 Å². The number of anilines is 1. The van der Waals surface area contributed by atoms with Gasteiger partial charge in [-0.05, 0) is 67.2 Å². The lowest BCUT2D eigenvalue weighted by Crippen LogP contribution is -2.44. The molecule has 2 amide bonds. The third-order valence-electron chi connectivity index (χ3n) is 7.09. The minimum atomic E-state index is -0.300. The Bertz CT molecular complexity index is 812. The molecule has 1 aromatic rings. The highest BCUT2D eigenvalue weighted by Gasteiger charge is 2.69. The molecule has 4 aliphatic rings. The van der Waals surface area contributed by atoms with Gasteiger partial charge in [-0.1, -0.05) is 28.1 Å². The fourth-order valence-electron chi connectivity index (χ4n) is 5.61. The predicted octanol–water partition coefficient (Wildman–Crippen LogP) is 3.51. The maximum absolute atomic E-state index is 13.2. The highest BCUT2D eigenvalue weighted by molar-refractivity contribution is 9.10. The number of halogens is 1. The predicted molar refractivity (Wildman–Crippen MR) is 110 cm³/mol. The first-order valence-corrected chi connectivity index (χ1v) is 11.0. The molecule has 28 heavy (non-hydrogen) atoms. The normalized spacial score (nSPS) is 34.0. The van der Waals surface area contributed by atoms with Gasteiger partial charge >= 0.3 is 0 Å². The van der Waals surface area contributed by atoms with Gasteiger partial charge in [0.25, 0.3) is 0 Å². The lowest BCUT2D eigenvalue weighted by atomic mass is 9.81. The van der Waals surface area contributed by atoms with Crippen LogP contribution in [0.3, 0.4) is 0 Å². The molecule has 6 heteroatoms. The van der Waals surface area contributed by atoms with Crippen molar-refractivity contribution in [3.63, 3.8) is 0 Å². The molecule has 1 aromatic carbocycles. The Morgan fingerprint density at radius 3 is 2.36 bits per heavy atom. The SMILES string of the molecule is O=C(NCC1CCCO1)[C@H]1[C@H](C(=O)Nc2ccc(Br)cc2)[C@@H]2C=C[C@H]1C21CC1. The molecule has 2 bridgehead atoms. The third-order valence-corrected chi connectivity index (χ3v) is 7.62. The van der Waals surface area contributed by atoms with Crippen LogP contribution in [0.15, 0.2) is 40.9 Å². The molecule has 1 saturated heterocycles. The molecule has 0 aromatic heterocycles.